The molecule has 1 fully saturated rings. The van der Waals surface area contributed by atoms with Crippen molar-refractivity contribution in [1.29, 1.82) is 0 Å². The van der Waals surface area contributed by atoms with Crippen LogP contribution in [0, 0.1) is 5.41 Å². The van der Waals surface area contributed by atoms with Gasteiger partial charge in [-0.05, 0) is 25.0 Å². The van der Waals surface area contributed by atoms with E-state index in [0.29, 0.717) is 12.8 Å². The number of piperidine rings is 1. The molecule has 0 spiro atoms. The number of methoxy groups -OCH3 is 1. The van der Waals surface area contributed by atoms with Gasteiger partial charge in [0, 0.05) is 20.2 Å². The molecule has 10 heteroatoms. The van der Waals surface area contributed by atoms with E-state index < -0.39 is 35.8 Å². The van der Waals surface area contributed by atoms with Crippen molar-refractivity contribution in [3.63, 3.8) is 0 Å². The number of hydrogen-bond acceptors (Lipinski definition) is 4. The van der Waals surface area contributed by atoms with E-state index in [0.717, 1.165) is 4.57 Å². The minimum Gasteiger partial charge on any atom is -0.481 e. The second-order valence-electron chi connectivity index (χ2n) is 6.95. The van der Waals surface area contributed by atoms with Crippen molar-refractivity contribution in [3.8, 4) is 0 Å². The molecule has 1 unspecified atom stereocenters. The number of para-hydroxylation sites is 2. The van der Waals surface area contributed by atoms with Crippen LogP contribution in [-0.2, 0) is 27.0 Å². The maximum Gasteiger partial charge on any atom is 0.449 e. The Morgan fingerprint density at radius 1 is 1.32 bits per heavy atom. The van der Waals surface area contributed by atoms with Crippen molar-refractivity contribution in [2.24, 2.45) is 5.41 Å². The number of aliphatic carboxylic acids is 1. The summed E-state index contributed by atoms with van der Waals surface area (Å²) in [6.07, 6.45) is -3.96. The largest absolute Gasteiger partial charge is 0.481 e. The lowest BCUT2D eigenvalue weighted by molar-refractivity contribution is -0.159. The summed E-state index contributed by atoms with van der Waals surface area (Å²) >= 11 is 0. The number of rotatable bonds is 5. The predicted octanol–water partition coefficient (Wildman–Crippen LogP) is 2.39. The average molecular weight is 399 g/mol. The van der Waals surface area contributed by atoms with Gasteiger partial charge in [-0.2, -0.15) is 13.2 Å². The van der Waals surface area contributed by atoms with Gasteiger partial charge in [0.05, 0.1) is 17.6 Å². The smallest absolute Gasteiger partial charge is 0.449 e. The Bertz CT molecular complexity index is 892. The van der Waals surface area contributed by atoms with E-state index in [9.17, 15) is 27.9 Å². The lowest BCUT2D eigenvalue weighted by Crippen LogP contribution is -2.52. The zero-order valence-electron chi connectivity index (χ0n) is 15.2. The summed E-state index contributed by atoms with van der Waals surface area (Å²) < 4.78 is 46.1. The molecule has 0 bridgehead atoms. The highest BCUT2D eigenvalue weighted by molar-refractivity contribution is 5.82. The molecule has 1 aliphatic heterocycles. The zero-order valence-corrected chi connectivity index (χ0v) is 15.2. The van der Waals surface area contributed by atoms with Gasteiger partial charge in [-0.3, -0.25) is 9.59 Å². The number of carboxylic acids is 1. The number of alkyl halides is 3. The highest BCUT2D eigenvalue weighted by atomic mass is 19.4. The summed E-state index contributed by atoms with van der Waals surface area (Å²) in [5.74, 6) is -2.83. The van der Waals surface area contributed by atoms with E-state index >= 15 is 0 Å². The molecule has 0 radical (unpaired) electrons. The third kappa shape index (κ3) is 3.68. The topological polar surface area (TPSA) is 84.7 Å². The molecule has 1 atom stereocenters. The van der Waals surface area contributed by atoms with E-state index in [2.05, 4.69) is 4.98 Å². The molecule has 0 aliphatic carbocycles. The number of carboxylic acid groups (broad SMARTS) is 1. The number of aromatic nitrogens is 2. The van der Waals surface area contributed by atoms with Crippen molar-refractivity contribution in [1.82, 2.24) is 14.5 Å². The third-order valence-corrected chi connectivity index (χ3v) is 5.01. The summed E-state index contributed by atoms with van der Waals surface area (Å²) in [6.45, 7) is -0.472. The van der Waals surface area contributed by atoms with Gasteiger partial charge in [0.2, 0.25) is 11.7 Å². The van der Waals surface area contributed by atoms with Crippen LogP contribution in [0.4, 0.5) is 13.2 Å². The Morgan fingerprint density at radius 2 is 2.04 bits per heavy atom. The Kier molecular flexibility index (Phi) is 5.33. The molecule has 2 aromatic rings. The lowest BCUT2D eigenvalue weighted by Gasteiger charge is -2.39. The van der Waals surface area contributed by atoms with Crippen molar-refractivity contribution in [2.75, 3.05) is 26.8 Å². The number of carbonyl (C=O) groups is 2. The van der Waals surface area contributed by atoms with Crippen molar-refractivity contribution >= 4 is 22.9 Å². The molecule has 7 nitrogen and oxygen atoms in total. The second-order valence-corrected chi connectivity index (χ2v) is 6.95. The molecular formula is C18H20F3N3O4. The number of likely N-dealkylation sites (tertiary alicyclic amines) is 1. The van der Waals surface area contributed by atoms with Crippen LogP contribution in [-0.4, -0.2) is 58.2 Å². The maximum absolute atomic E-state index is 13.4. The fourth-order valence-electron chi connectivity index (χ4n) is 3.66. The van der Waals surface area contributed by atoms with E-state index in [4.69, 9.17) is 4.74 Å². The monoisotopic (exact) mass is 399 g/mol. The quantitative estimate of drug-likeness (QED) is 0.835. The average Bonchev–Trinajstić information content (AvgIpc) is 3.01. The highest BCUT2D eigenvalue weighted by Gasteiger charge is 2.44. The summed E-state index contributed by atoms with van der Waals surface area (Å²) in [4.78, 5) is 29.4. The van der Waals surface area contributed by atoms with Crippen LogP contribution >= 0.6 is 0 Å². The number of fused-ring (bicyclic) bond motifs is 1. The molecule has 28 heavy (non-hydrogen) atoms. The molecule has 1 amide bonds. The summed E-state index contributed by atoms with van der Waals surface area (Å²) in [7, 11) is 1.37. The Labute approximate surface area is 158 Å². The zero-order chi connectivity index (χ0) is 20.5. The first-order chi connectivity index (χ1) is 13.2. The molecule has 1 aromatic carbocycles. The van der Waals surface area contributed by atoms with Crippen LogP contribution in [0.3, 0.4) is 0 Å². The van der Waals surface area contributed by atoms with Crippen LogP contribution < -0.4 is 0 Å². The van der Waals surface area contributed by atoms with E-state index in [-0.39, 0.29) is 30.7 Å². The fourth-order valence-corrected chi connectivity index (χ4v) is 3.66. The lowest BCUT2D eigenvalue weighted by atomic mass is 9.80. The maximum atomic E-state index is 13.4. The first kappa shape index (κ1) is 20.1. The molecule has 2 heterocycles. The van der Waals surface area contributed by atoms with Gasteiger partial charge in [0.25, 0.3) is 0 Å². The van der Waals surface area contributed by atoms with Crippen molar-refractivity contribution < 1.29 is 32.6 Å². The highest BCUT2D eigenvalue weighted by Crippen LogP contribution is 2.33. The van der Waals surface area contributed by atoms with E-state index in [1.54, 1.807) is 12.1 Å². The van der Waals surface area contributed by atoms with Gasteiger partial charge < -0.3 is 19.3 Å². The van der Waals surface area contributed by atoms with E-state index in [1.165, 1.54) is 24.1 Å². The number of hydrogen-bond donors (Lipinski definition) is 1. The van der Waals surface area contributed by atoms with Gasteiger partial charge in [-0.25, -0.2) is 4.98 Å². The summed E-state index contributed by atoms with van der Waals surface area (Å²) in [5.41, 5.74) is -0.922. The number of benzene rings is 1. The molecule has 0 saturated carbocycles. The van der Waals surface area contributed by atoms with Crippen LogP contribution in [0.15, 0.2) is 24.3 Å². The summed E-state index contributed by atoms with van der Waals surface area (Å²) in [5, 5.41) is 9.59. The van der Waals surface area contributed by atoms with Gasteiger partial charge in [-0.1, -0.05) is 12.1 Å². The van der Waals surface area contributed by atoms with Crippen LogP contribution in [0.1, 0.15) is 18.7 Å². The van der Waals surface area contributed by atoms with E-state index in [1.807, 2.05) is 0 Å². The molecular weight excluding hydrogens is 379 g/mol. The number of ether oxygens (including phenoxy) is 1. The minimum atomic E-state index is -4.72. The number of amides is 1. The Hall–Kier alpha value is -2.62. The molecule has 152 valence electrons. The molecule has 1 aromatic heterocycles. The molecule has 1 saturated heterocycles. The van der Waals surface area contributed by atoms with Gasteiger partial charge >= 0.3 is 12.1 Å². The SMILES string of the molecule is COCC1(C(=O)O)CCCN(C(=O)Cn2c(C(F)(F)F)nc3ccccc32)C1. The number of imidazole rings is 1. The first-order valence-electron chi connectivity index (χ1n) is 8.70. The second kappa shape index (κ2) is 7.42. The van der Waals surface area contributed by atoms with Gasteiger partial charge in [0.15, 0.2) is 0 Å². The standard InChI is InChI=1S/C18H20F3N3O4/c1-28-11-17(16(26)27)7-4-8-23(10-17)14(25)9-24-13-6-3-2-5-12(13)22-15(24)18(19,20)21/h2-3,5-6H,4,7-11H2,1H3,(H,26,27). The number of carbonyl (C=O) groups excluding carboxylic acids is 1. The predicted molar refractivity (Wildman–Crippen MR) is 92.5 cm³/mol. The molecule has 3 rings (SSSR count). The van der Waals surface area contributed by atoms with Crippen LogP contribution in [0.5, 0.6) is 0 Å². The Morgan fingerprint density at radius 3 is 2.68 bits per heavy atom. The van der Waals surface area contributed by atoms with Crippen LogP contribution in [0.2, 0.25) is 0 Å². The third-order valence-electron chi connectivity index (χ3n) is 5.01. The van der Waals surface area contributed by atoms with Crippen molar-refractivity contribution in [3.05, 3.63) is 30.1 Å². The first-order valence-corrected chi connectivity index (χ1v) is 8.70. The molecule has 1 aliphatic rings. The minimum absolute atomic E-state index is 0.0755. The van der Waals surface area contributed by atoms with Gasteiger partial charge in [0.1, 0.15) is 12.0 Å². The normalized spacial score (nSPS) is 20.5. The van der Waals surface area contributed by atoms with Gasteiger partial charge in [-0.15, -0.1) is 0 Å². The number of halogens is 3. The molecule has 1 N–H and O–H groups in total. The van der Waals surface area contributed by atoms with Crippen molar-refractivity contribution in [2.45, 2.75) is 25.6 Å². The van der Waals surface area contributed by atoms with Crippen LogP contribution in [0.25, 0.3) is 11.0 Å². The summed E-state index contributed by atoms with van der Waals surface area (Å²) in [6, 6.07) is 6.05. The fraction of sp³-hybridized carbons (Fsp3) is 0.500. The number of nitrogens with zero attached hydrogens (tertiary/aromatic N) is 3. The Balaban J connectivity index is 1.90.